The summed E-state index contributed by atoms with van der Waals surface area (Å²) in [4.78, 5) is 38.3. The molecule has 6 nitrogen and oxygen atoms in total. The number of allylic oxidation sites excluding steroid dienone is 8. The second kappa shape index (κ2) is 59.9. The number of carbonyl (C=O) groups is 3. The topological polar surface area (TPSA) is 78.9 Å². The third-order valence-electron chi connectivity index (χ3n) is 13.8. The molecule has 0 aromatic carbocycles. The molecule has 1 atom stereocenters. The van der Waals surface area contributed by atoms with Gasteiger partial charge in [0.05, 0.1) is 0 Å². The van der Waals surface area contributed by atoms with Gasteiger partial charge in [0.2, 0.25) is 0 Å². The first kappa shape index (κ1) is 68.4. The fourth-order valence-electron chi connectivity index (χ4n) is 9.16. The molecule has 0 N–H and O–H groups in total. The number of hydrogen-bond donors (Lipinski definition) is 0. The van der Waals surface area contributed by atoms with Gasteiger partial charge in [0, 0.05) is 19.3 Å². The highest BCUT2D eigenvalue weighted by Gasteiger charge is 2.19. The van der Waals surface area contributed by atoms with E-state index in [1.165, 1.54) is 193 Å². The van der Waals surface area contributed by atoms with Crippen LogP contribution < -0.4 is 0 Å². The van der Waals surface area contributed by atoms with Crippen LogP contribution in [0, 0.1) is 0 Å². The molecule has 0 radical (unpaired) electrons. The largest absolute Gasteiger partial charge is 0.462 e. The van der Waals surface area contributed by atoms with E-state index in [4.69, 9.17) is 14.2 Å². The normalized spacial score (nSPS) is 12.3. The number of hydrogen-bond acceptors (Lipinski definition) is 6. The molecule has 0 aliphatic carbocycles. The molecule has 71 heavy (non-hydrogen) atoms. The Morgan fingerprint density at radius 1 is 0.296 bits per heavy atom. The molecule has 0 unspecified atom stereocenters. The SMILES string of the molecule is CC/C=C\C/C=C\C/C=C\CCCCCCCC(=O)OC[C@H](COC(=O)CCCCCCCCC/C=C\CCCCCCCCCC)OC(=O)CCCCCCCCCCCCCCCCCCCCC. The van der Waals surface area contributed by atoms with E-state index in [9.17, 15) is 14.4 Å². The average molecular weight is 996 g/mol. The highest BCUT2D eigenvalue weighted by Crippen LogP contribution is 2.17. The zero-order valence-corrected chi connectivity index (χ0v) is 47.5. The maximum absolute atomic E-state index is 12.9. The predicted molar refractivity (Wildman–Crippen MR) is 307 cm³/mol. The second-order valence-electron chi connectivity index (χ2n) is 20.9. The molecule has 0 saturated heterocycles. The van der Waals surface area contributed by atoms with E-state index in [0.29, 0.717) is 19.3 Å². The Morgan fingerprint density at radius 2 is 0.549 bits per heavy atom. The van der Waals surface area contributed by atoms with Crippen LogP contribution in [-0.2, 0) is 28.6 Å². The van der Waals surface area contributed by atoms with Crippen molar-refractivity contribution in [1.29, 1.82) is 0 Å². The fraction of sp³-hybridized carbons (Fsp3) is 0.831. The lowest BCUT2D eigenvalue weighted by Crippen LogP contribution is -2.30. The number of carbonyl (C=O) groups excluding carboxylic acids is 3. The van der Waals surface area contributed by atoms with Crippen LogP contribution in [0.4, 0.5) is 0 Å². The summed E-state index contributed by atoms with van der Waals surface area (Å²) >= 11 is 0. The van der Waals surface area contributed by atoms with Gasteiger partial charge in [-0.05, 0) is 77.0 Å². The molecule has 0 aromatic heterocycles. The van der Waals surface area contributed by atoms with Gasteiger partial charge in [-0.2, -0.15) is 0 Å². The molecule has 6 heteroatoms. The van der Waals surface area contributed by atoms with Gasteiger partial charge in [0.25, 0.3) is 0 Å². The zero-order chi connectivity index (χ0) is 51.4. The van der Waals surface area contributed by atoms with Gasteiger partial charge in [-0.3, -0.25) is 14.4 Å². The van der Waals surface area contributed by atoms with Gasteiger partial charge in [-0.15, -0.1) is 0 Å². The maximum Gasteiger partial charge on any atom is 0.306 e. The molecule has 0 aliphatic heterocycles. The minimum atomic E-state index is -0.780. The second-order valence-corrected chi connectivity index (χ2v) is 20.9. The van der Waals surface area contributed by atoms with Crippen LogP contribution in [0.25, 0.3) is 0 Å². The smallest absolute Gasteiger partial charge is 0.306 e. The fourth-order valence-corrected chi connectivity index (χ4v) is 9.16. The molecule has 0 fully saturated rings. The van der Waals surface area contributed by atoms with E-state index in [1.807, 2.05) is 0 Å². The van der Waals surface area contributed by atoms with Crippen LogP contribution in [0.5, 0.6) is 0 Å². The van der Waals surface area contributed by atoms with Crippen molar-refractivity contribution < 1.29 is 28.6 Å². The van der Waals surface area contributed by atoms with Gasteiger partial charge >= 0.3 is 17.9 Å². The first-order valence-electron chi connectivity index (χ1n) is 31.1. The van der Waals surface area contributed by atoms with E-state index in [0.717, 1.165) is 96.3 Å². The quantitative estimate of drug-likeness (QED) is 0.0261. The molecule has 0 heterocycles. The number of ether oxygens (including phenoxy) is 3. The van der Waals surface area contributed by atoms with Crippen molar-refractivity contribution in [3.63, 3.8) is 0 Å². The highest BCUT2D eigenvalue weighted by atomic mass is 16.6. The van der Waals surface area contributed by atoms with E-state index >= 15 is 0 Å². The third-order valence-corrected chi connectivity index (χ3v) is 13.8. The number of esters is 3. The first-order valence-corrected chi connectivity index (χ1v) is 31.1. The summed E-state index contributed by atoms with van der Waals surface area (Å²) in [5.74, 6) is -0.879. The van der Waals surface area contributed by atoms with Crippen molar-refractivity contribution in [2.75, 3.05) is 13.2 Å². The van der Waals surface area contributed by atoms with E-state index in [2.05, 4.69) is 69.4 Å². The molecule has 0 bridgehead atoms. The molecule has 0 saturated carbocycles. The molecule has 0 amide bonds. The highest BCUT2D eigenvalue weighted by molar-refractivity contribution is 5.71. The van der Waals surface area contributed by atoms with Crippen LogP contribution >= 0.6 is 0 Å². The summed E-state index contributed by atoms with van der Waals surface area (Å²) < 4.78 is 16.9. The Balaban J connectivity index is 4.35. The standard InChI is InChI=1S/C65H118O6/c1-4-7-10-13-16-19-22-25-28-30-32-34-37-40-43-46-49-52-55-58-64(67)70-61-62(60-69-63(66)57-54-51-48-45-42-39-36-27-24-21-18-15-12-9-6-3)71-65(68)59-56-53-50-47-44-41-38-35-33-31-29-26-23-20-17-14-11-8-5-2/h9,12,18,21,27,30,32,36,62H,4-8,10-11,13-17,19-20,22-26,28-29,31,33-35,37-61H2,1-3H3/b12-9-,21-18-,32-30-,36-27-/t62-/m1/s1. The Morgan fingerprint density at radius 3 is 0.873 bits per heavy atom. The molecule has 0 spiro atoms. The molecule has 0 rings (SSSR count). The zero-order valence-electron chi connectivity index (χ0n) is 47.5. The van der Waals surface area contributed by atoms with Crippen molar-refractivity contribution in [3.8, 4) is 0 Å². The van der Waals surface area contributed by atoms with Crippen molar-refractivity contribution in [2.24, 2.45) is 0 Å². The van der Waals surface area contributed by atoms with Crippen LogP contribution in [-0.4, -0.2) is 37.2 Å². The van der Waals surface area contributed by atoms with Crippen molar-refractivity contribution in [3.05, 3.63) is 48.6 Å². The van der Waals surface area contributed by atoms with Crippen LogP contribution in [0.3, 0.4) is 0 Å². The van der Waals surface area contributed by atoms with Gasteiger partial charge < -0.3 is 14.2 Å². The average Bonchev–Trinajstić information content (AvgIpc) is 3.37. The van der Waals surface area contributed by atoms with E-state index < -0.39 is 6.10 Å². The molecular formula is C65H118O6. The molecule has 0 aliphatic rings. The third kappa shape index (κ3) is 58.1. The van der Waals surface area contributed by atoms with Crippen molar-refractivity contribution >= 4 is 17.9 Å². The Hall–Kier alpha value is -2.63. The van der Waals surface area contributed by atoms with Crippen LogP contribution in [0.1, 0.15) is 329 Å². The van der Waals surface area contributed by atoms with Gasteiger partial charge in [-0.1, -0.05) is 281 Å². The maximum atomic E-state index is 12.9. The minimum absolute atomic E-state index is 0.0777. The van der Waals surface area contributed by atoms with E-state index in [1.54, 1.807) is 0 Å². The van der Waals surface area contributed by atoms with Crippen molar-refractivity contribution in [2.45, 2.75) is 335 Å². The summed E-state index contributed by atoms with van der Waals surface area (Å²) in [6, 6.07) is 0. The van der Waals surface area contributed by atoms with Crippen molar-refractivity contribution in [1.82, 2.24) is 0 Å². The predicted octanol–water partition coefficient (Wildman–Crippen LogP) is 21.0. The summed E-state index contributed by atoms with van der Waals surface area (Å²) in [6.07, 6.45) is 74.0. The first-order chi connectivity index (χ1) is 35.0. The summed E-state index contributed by atoms with van der Waals surface area (Å²) in [7, 11) is 0. The van der Waals surface area contributed by atoms with Gasteiger partial charge in [0.15, 0.2) is 6.10 Å². The molecule has 0 aromatic rings. The lowest BCUT2D eigenvalue weighted by atomic mass is 10.0. The minimum Gasteiger partial charge on any atom is -0.462 e. The van der Waals surface area contributed by atoms with Gasteiger partial charge in [-0.25, -0.2) is 0 Å². The Kier molecular flexibility index (Phi) is 57.7. The lowest BCUT2D eigenvalue weighted by Gasteiger charge is -2.18. The summed E-state index contributed by atoms with van der Waals surface area (Å²) in [5.41, 5.74) is 0. The Bertz CT molecular complexity index is 1230. The summed E-state index contributed by atoms with van der Waals surface area (Å²) in [5, 5.41) is 0. The monoisotopic (exact) mass is 995 g/mol. The molecule has 414 valence electrons. The lowest BCUT2D eigenvalue weighted by molar-refractivity contribution is -0.167. The molecular weight excluding hydrogens is 877 g/mol. The summed E-state index contributed by atoms with van der Waals surface area (Å²) in [6.45, 7) is 6.56. The van der Waals surface area contributed by atoms with Gasteiger partial charge in [0.1, 0.15) is 13.2 Å². The Labute approximate surface area is 441 Å². The van der Waals surface area contributed by atoms with Crippen LogP contribution in [0.15, 0.2) is 48.6 Å². The number of unbranched alkanes of at least 4 members (excludes halogenated alkanes) is 38. The van der Waals surface area contributed by atoms with E-state index in [-0.39, 0.29) is 31.1 Å². The number of rotatable bonds is 57. The van der Waals surface area contributed by atoms with Crippen LogP contribution in [0.2, 0.25) is 0 Å².